The first-order valence-electron chi connectivity index (χ1n) is 6.55. The normalized spacial score (nSPS) is 10.7. The number of anilines is 2. The molecule has 6 heteroatoms. The quantitative estimate of drug-likeness (QED) is 0.913. The van der Waals surface area contributed by atoms with Crippen molar-refractivity contribution in [3.8, 4) is 0 Å². The van der Waals surface area contributed by atoms with Gasteiger partial charge in [-0.2, -0.15) is 0 Å². The molecule has 4 nitrogen and oxygen atoms in total. The van der Waals surface area contributed by atoms with Gasteiger partial charge in [-0.3, -0.25) is 0 Å². The fourth-order valence-corrected chi connectivity index (χ4v) is 3.21. The minimum Gasteiger partial charge on any atom is -0.373 e. The van der Waals surface area contributed by atoms with E-state index < -0.39 is 0 Å². The van der Waals surface area contributed by atoms with E-state index in [0.29, 0.717) is 0 Å². The smallest absolute Gasteiger partial charge is 0.137 e. The molecular formula is C14H19ClN4S. The summed E-state index contributed by atoms with van der Waals surface area (Å²) in [6, 6.07) is 3.98. The van der Waals surface area contributed by atoms with Crippen molar-refractivity contribution >= 4 is 34.6 Å². The molecule has 0 atom stereocenters. The first-order valence-corrected chi connectivity index (χ1v) is 7.75. The van der Waals surface area contributed by atoms with Gasteiger partial charge in [-0.25, -0.2) is 9.97 Å². The third-order valence-corrected chi connectivity index (χ3v) is 4.32. The van der Waals surface area contributed by atoms with Crippen LogP contribution >= 0.6 is 22.9 Å². The van der Waals surface area contributed by atoms with Crippen LogP contribution in [0.4, 0.5) is 11.6 Å². The molecule has 0 amide bonds. The number of rotatable bonds is 5. The monoisotopic (exact) mass is 310 g/mol. The number of nitrogens with one attached hydrogen (secondary N) is 1. The molecule has 0 saturated heterocycles. The Kier molecular flexibility index (Phi) is 4.83. The van der Waals surface area contributed by atoms with Crippen LogP contribution in [0.1, 0.15) is 23.2 Å². The fraction of sp³-hybridized carbons (Fsp3) is 0.429. The van der Waals surface area contributed by atoms with Crippen LogP contribution < -0.4 is 10.2 Å². The molecular weight excluding hydrogens is 292 g/mol. The van der Waals surface area contributed by atoms with E-state index in [0.717, 1.165) is 40.3 Å². The van der Waals surface area contributed by atoms with Crippen molar-refractivity contribution in [3.05, 3.63) is 32.7 Å². The van der Waals surface area contributed by atoms with Crippen molar-refractivity contribution in [2.45, 2.75) is 26.8 Å². The Balaban J connectivity index is 2.30. The lowest BCUT2D eigenvalue weighted by Gasteiger charge is -2.21. The first kappa shape index (κ1) is 15.1. The molecule has 0 aliphatic rings. The molecule has 2 heterocycles. The highest BCUT2D eigenvalue weighted by Gasteiger charge is 2.14. The summed E-state index contributed by atoms with van der Waals surface area (Å²) < 4.78 is 0.818. The van der Waals surface area contributed by atoms with Crippen molar-refractivity contribution in [2.75, 3.05) is 24.3 Å². The summed E-state index contributed by atoms with van der Waals surface area (Å²) >= 11 is 7.58. The molecule has 0 unspecified atom stereocenters. The number of nitrogens with zero attached hydrogens (tertiary/aromatic N) is 3. The van der Waals surface area contributed by atoms with E-state index in [4.69, 9.17) is 11.6 Å². The molecule has 0 aliphatic heterocycles. The number of thiophene rings is 1. The number of hydrogen-bond donors (Lipinski definition) is 1. The van der Waals surface area contributed by atoms with Gasteiger partial charge in [-0.1, -0.05) is 18.5 Å². The maximum absolute atomic E-state index is 5.98. The fourth-order valence-electron chi connectivity index (χ4n) is 2.07. The molecule has 1 N–H and O–H groups in total. The first-order chi connectivity index (χ1) is 9.55. The van der Waals surface area contributed by atoms with Crippen LogP contribution in [0.2, 0.25) is 4.34 Å². The lowest BCUT2D eigenvalue weighted by atomic mass is 10.2. The van der Waals surface area contributed by atoms with E-state index in [1.54, 1.807) is 11.3 Å². The molecule has 0 saturated carbocycles. The predicted octanol–water partition coefficient (Wildman–Crippen LogP) is 3.74. The van der Waals surface area contributed by atoms with Crippen molar-refractivity contribution < 1.29 is 0 Å². The minimum atomic E-state index is 0.793. The molecule has 0 fully saturated rings. The standard InChI is InChI=1S/C14H19ClN4S/c1-5-12-17-13(16-3)9(2)14(18-12)19(4)8-10-6-7-11(15)20-10/h6-7H,5,8H2,1-4H3,(H,16,17,18). The Morgan fingerprint density at radius 1 is 1.35 bits per heavy atom. The van der Waals surface area contributed by atoms with Gasteiger partial charge in [0.15, 0.2) is 0 Å². The summed E-state index contributed by atoms with van der Waals surface area (Å²) in [4.78, 5) is 12.5. The van der Waals surface area contributed by atoms with Crippen LogP contribution in [0.25, 0.3) is 0 Å². The van der Waals surface area contributed by atoms with Crippen LogP contribution in [0.15, 0.2) is 12.1 Å². The summed E-state index contributed by atoms with van der Waals surface area (Å²) in [5, 5.41) is 3.14. The van der Waals surface area contributed by atoms with Gasteiger partial charge in [-0.05, 0) is 19.1 Å². The average molecular weight is 311 g/mol. The van der Waals surface area contributed by atoms with Crippen LogP contribution in [0.3, 0.4) is 0 Å². The summed E-state index contributed by atoms with van der Waals surface area (Å²) in [6.07, 6.45) is 0.820. The van der Waals surface area contributed by atoms with Gasteiger partial charge >= 0.3 is 0 Å². The molecule has 0 spiro atoms. The topological polar surface area (TPSA) is 41.1 Å². The Morgan fingerprint density at radius 3 is 2.65 bits per heavy atom. The molecule has 2 aromatic rings. The third kappa shape index (κ3) is 3.22. The lowest BCUT2D eigenvalue weighted by molar-refractivity contribution is 0.858. The van der Waals surface area contributed by atoms with Crippen molar-refractivity contribution in [1.82, 2.24) is 9.97 Å². The van der Waals surface area contributed by atoms with Gasteiger partial charge in [0.05, 0.1) is 10.9 Å². The van der Waals surface area contributed by atoms with Gasteiger partial charge in [-0.15, -0.1) is 11.3 Å². The zero-order valence-corrected chi connectivity index (χ0v) is 13.8. The Morgan fingerprint density at radius 2 is 2.10 bits per heavy atom. The van der Waals surface area contributed by atoms with Crippen molar-refractivity contribution in [3.63, 3.8) is 0 Å². The van der Waals surface area contributed by atoms with E-state index >= 15 is 0 Å². The molecule has 20 heavy (non-hydrogen) atoms. The lowest BCUT2D eigenvalue weighted by Crippen LogP contribution is -2.20. The zero-order chi connectivity index (χ0) is 14.7. The number of hydrogen-bond acceptors (Lipinski definition) is 5. The summed E-state index contributed by atoms with van der Waals surface area (Å²) in [5.74, 6) is 2.71. The van der Waals surface area contributed by atoms with E-state index in [-0.39, 0.29) is 0 Å². The van der Waals surface area contributed by atoms with E-state index in [2.05, 4.69) is 33.2 Å². The van der Waals surface area contributed by atoms with Crippen LogP contribution in [0.5, 0.6) is 0 Å². The Bertz CT molecular complexity index is 597. The van der Waals surface area contributed by atoms with Gasteiger partial charge in [0, 0.05) is 31.0 Å². The summed E-state index contributed by atoms with van der Waals surface area (Å²) in [5.41, 5.74) is 1.06. The summed E-state index contributed by atoms with van der Waals surface area (Å²) in [7, 11) is 3.93. The molecule has 108 valence electrons. The van der Waals surface area contributed by atoms with Crippen LogP contribution in [-0.2, 0) is 13.0 Å². The highest BCUT2D eigenvalue weighted by Crippen LogP contribution is 2.27. The zero-order valence-electron chi connectivity index (χ0n) is 12.2. The highest BCUT2D eigenvalue weighted by atomic mass is 35.5. The number of aromatic nitrogens is 2. The minimum absolute atomic E-state index is 0.793. The molecule has 0 bridgehead atoms. The number of aryl methyl sites for hydroxylation is 1. The van der Waals surface area contributed by atoms with Crippen molar-refractivity contribution in [2.24, 2.45) is 0 Å². The van der Waals surface area contributed by atoms with Crippen LogP contribution in [0, 0.1) is 6.92 Å². The third-order valence-electron chi connectivity index (χ3n) is 3.10. The molecule has 0 radical (unpaired) electrons. The number of halogens is 1. The van der Waals surface area contributed by atoms with Crippen LogP contribution in [-0.4, -0.2) is 24.1 Å². The highest BCUT2D eigenvalue weighted by molar-refractivity contribution is 7.16. The van der Waals surface area contributed by atoms with Gasteiger partial charge in [0.25, 0.3) is 0 Å². The summed E-state index contributed by atoms with van der Waals surface area (Å²) in [6.45, 7) is 4.90. The predicted molar refractivity (Wildman–Crippen MR) is 87.1 cm³/mol. The second-order valence-electron chi connectivity index (χ2n) is 4.60. The van der Waals surface area contributed by atoms with Gasteiger partial charge in [0.1, 0.15) is 17.5 Å². The van der Waals surface area contributed by atoms with E-state index in [9.17, 15) is 0 Å². The van der Waals surface area contributed by atoms with Crippen molar-refractivity contribution in [1.29, 1.82) is 0 Å². The Hall–Kier alpha value is -1.33. The van der Waals surface area contributed by atoms with Gasteiger partial charge < -0.3 is 10.2 Å². The average Bonchev–Trinajstić information content (AvgIpc) is 2.84. The molecule has 0 aromatic carbocycles. The van der Waals surface area contributed by atoms with E-state index in [1.165, 1.54) is 4.88 Å². The second-order valence-corrected chi connectivity index (χ2v) is 6.40. The molecule has 0 aliphatic carbocycles. The van der Waals surface area contributed by atoms with Gasteiger partial charge in [0.2, 0.25) is 0 Å². The Labute approximate surface area is 128 Å². The second kappa shape index (κ2) is 6.41. The molecule has 2 aromatic heterocycles. The SMILES string of the molecule is CCc1nc(NC)c(C)c(N(C)Cc2ccc(Cl)s2)n1. The maximum Gasteiger partial charge on any atom is 0.137 e. The van der Waals surface area contributed by atoms with E-state index in [1.807, 2.05) is 27.1 Å². The maximum atomic E-state index is 5.98. The molecule has 2 rings (SSSR count). The largest absolute Gasteiger partial charge is 0.373 e.